The molecule has 2 aromatic carbocycles. The van der Waals surface area contributed by atoms with Gasteiger partial charge in [-0.2, -0.15) is 0 Å². The van der Waals surface area contributed by atoms with Gasteiger partial charge >= 0.3 is 0 Å². The third-order valence-corrected chi connectivity index (χ3v) is 5.53. The fourth-order valence-electron chi connectivity index (χ4n) is 3.03. The maximum absolute atomic E-state index is 11.7. The lowest BCUT2D eigenvalue weighted by Crippen LogP contribution is -2.36. The van der Waals surface area contributed by atoms with Crippen molar-refractivity contribution in [3.63, 3.8) is 0 Å². The molecular formula is C21H31IN4O2S. The molecular weight excluding hydrogens is 499 g/mol. The highest BCUT2D eigenvalue weighted by molar-refractivity contribution is 14.0. The van der Waals surface area contributed by atoms with Crippen LogP contribution in [0.25, 0.3) is 0 Å². The minimum absolute atomic E-state index is 0. The molecule has 0 aromatic heterocycles. The summed E-state index contributed by atoms with van der Waals surface area (Å²) < 4.78 is 23.5. The van der Waals surface area contributed by atoms with E-state index in [0.717, 1.165) is 17.7 Å². The van der Waals surface area contributed by atoms with Crippen LogP contribution in [0.4, 0.5) is 0 Å². The molecule has 29 heavy (non-hydrogen) atoms. The Bertz CT molecular complexity index is 943. The predicted octanol–water partition coefficient (Wildman–Crippen LogP) is 2.94. The SMILES string of the molecule is CN=C(NCc1cccc(CN(C)C)c1)NCc1ccc(S(C)(=O)=O)c(C)c1.I. The van der Waals surface area contributed by atoms with Crippen LogP contribution in [0.15, 0.2) is 52.4 Å². The van der Waals surface area contributed by atoms with Crippen molar-refractivity contribution in [1.82, 2.24) is 15.5 Å². The van der Waals surface area contributed by atoms with E-state index in [9.17, 15) is 8.42 Å². The molecule has 0 atom stereocenters. The van der Waals surface area contributed by atoms with E-state index in [1.807, 2.05) is 19.1 Å². The van der Waals surface area contributed by atoms with Crippen molar-refractivity contribution in [2.75, 3.05) is 27.4 Å². The van der Waals surface area contributed by atoms with Crippen LogP contribution in [0.2, 0.25) is 0 Å². The van der Waals surface area contributed by atoms with E-state index in [-0.39, 0.29) is 24.0 Å². The van der Waals surface area contributed by atoms with Crippen LogP contribution in [0.5, 0.6) is 0 Å². The first kappa shape index (κ1) is 25.4. The van der Waals surface area contributed by atoms with Gasteiger partial charge in [-0.15, -0.1) is 24.0 Å². The molecule has 6 nitrogen and oxygen atoms in total. The summed E-state index contributed by atoms with van der Waals surface area (Å²) in [5, 5.41) is 6.59. The van der Waals surface area contributed by atoms with Crippen LogP contribution in [-0.4, -0.2) is 46.7 Å². The van der Waals surface area contributed by atoms with Gasteiger partial charge < -0.3 is 15.5 Å². The number of nitrogens with one attached hydrogen (secondary N) is 2. The highest BCUT2D eigenvalue weighted by Crippen LogP contribution is 2.16. The van der Waals surface area contributed by atoms with Crippen molar-refractivity contribution in [2.45, 2.75) is 31.5 Å². The van der Waals surface area contributed by atoms with Gasteiger partial charge in [0.1, 0.15) is 0 Å². The van der Waals surface area contributed by atoms with E-state index in [1.165, 1.54) is 17.4 Å². The molecule has 0 amide bonds. The summed E-state index contributed by atoms with van der Waals surface area (Å²) >= 11 is 0. The Morgan fingerprint density at radius 1 is 1.00 bits per heavy atom. The molecule has 2 aromatic rings. The summed E-state index contributed by atoms with van der Waals surface area (Å²) in [6, 6.07) is 13.8. The van der Waals surface area contributed by atoms with Crippen molar-refractivity contribution in [3.05, 3.63) is 64.7 Å². The molecule has 0 saturated heterocycles. The average molecular weight is 530 g/mol. The van der Waals surface area contributed by atoms with Gasteiger partial charge in [-0.05, 0) is 49.3 Å². The number of guanidine groups is 1. The summed E-state index contributed by atoms with van der Waals surface area (Å²) in [5.41, 5.74) is 4.22. The number of rotatable bonds is 7. The lowest BCUT2D eigenvalue weighted by atomic mass is 10.1. The molecule has 0 unspecified atom stereocenters. The van der Waals surface area contributed by atoms with E-state index in [0.29, 0.717) is 23.9 Å². The number of aliphatic imine (C=N–C) groups is 1. The first-order valence-electron chi connectivity index (χ1n) is 9.15. The third kappa shape index (κ3) is 8.31. The topological polar surface area (TPSA) is 73.8 Å². The minimum atomic E-state index is -3.20. The Morgan fingerprint density at radius 2 is 1.59 bits per heavy atom. The van der Waals surface area contributed by atoms with Gasteiger partial charge in [-0.1, -0.05) is 36.4 Å². The smallest absolute Gasteiger partial charge is 0.191 e. The molecule has 0 heterocycles. The Morgan fingerprint density at radius 3 is 2.10 bits per heavy atom. The highest BCUT2D eigenvalue weighted by Gasteiger charge is 2.11. The van der Waals surface area contributed by atoms with Gasteiger partial charge in [0.15, 0.2) is 15.8 Å². The second-order valence-corrected chi connectivity index (χ2v) is 9.19. The number of hydrogen-bond acceptors (Lipinski definition) is 4. The molecule has 0 fully saturated rings. The quantitative estimate of drug-likeness (QED) is 0.327. The third-order valence-electron chi connectivity index (χ3n) is 4.27. The Kier molecular flexibility index (Phi) is 10.1. The first-order chi connectivity index (χ1) is 13.2. The molecule has 0 aliphatic heterocycles. The van der Waals surface area contributed by atoms with Gasteiger partial charge in [0.25, 0.3) is 0 Å². The molecule has 2 rings (SSSR count). The zero-order chi connectivity index (χ0) is 20.7. The van der Waals surface area contributed by atoms with Crippen LogP contribution in [-0.2, 0) is 29.5 Å². The molecule has 160 valence electrons. The molecule has 0 aliphatic rings. The van der Waals surface area contributed by atoms with Crippen molar-refractivity contribution in [1.29, 1.82) is 0 Å². The summed E-state index contributed by atoms with van der Waals surface area (Å²) in [5.74, 6) is 0.697. The zero-order valence-electron chi connectivity index (χ0n) is 17.7. The van der Waals surface area contributed by atoms with Crippen LogP contribution >= 0.6 is 24.0 Å². The lowest BCUT2D eigenvalue weighted by Gasteiger charge is -2.14. The van der Waals surface area contributed by atoms with Crippen LogP contribution in [0, 0.1) is 6.92 Å². The predicted molar refractivity (Wildman–Crippen MR) is 131 cm³/mol. The highest BCUT2D eigenvalue weighted by atomic mass is 127. The standard InChI is InChI=1S/C21H30N4O2S.HI/c1-16-11-18(9-10-20(16)28(5,26)27)14-24-21(22-2)23-13-17-7-6-8-19(12-17)15-25(3)4;/h6-12H,13-15H2,1-5H3,(H2,22,23,24);1H. The Balaban J connectivity index is 0.00000420. The number of hydrogen-bond donors (Lipinski definition) is 2. The molecule has 8 heteroatoms. The minimum Gasteiger partial charge on any atom is -0.352 e. The lowest BCUT2D eigenvalue weighted by molar-refractivity contribution is 0.402. The summed E-state index contributed by atoms with van der Waals surface area (Å²) in [7, 11) is 2.65. The van der Waals surface area contributed by atoms with Crippen LogP contribution in [0.1, 0.15) is 22.3 Å². The average Bonchev–Trinajstić information content (AvgIpc) is 2.60. The van der Waals surface area contributed by atoms with Crippen LogP contribution < -0.4 is 10.6 Å². The number of sulfone groups is 1. The molecule has 0 aliphatic carbocycles. The number of benzene rings is 2. The van der Waals surface area contributed by atoms with Crippen molar-refractivity contribution < 1.29 is 8.42 Å². The van der Waals surface area contributed by atoms with Gasteiger partial charge in [0.05, 0.1) is 4.90 Å². The summed E-state index contributed by atoms with van der Waals surface area (Å²) in [6.07, 6.45) is 1.23. The number of aryl methyl sites for hydroxylation is 1. The number of nitrogens with zero attached hydrogens (tertiary/aromatic N) is 2. The largest absolute Gasteiger partial charge is 0.352 e. The second kappa shape index (κ2) is 11.5. The van der Waals surface area contributed by atoms with E-state index < -0.39 is 9.84 Å². The maximum Gasteiger partial charge on any atom is 0.191 e. The van der Waals surface area contributed by atoms with Crippen molar-refractivity contribution >= 4 is 39.8 Å². The van der Waals surface area contributed by atoms with E-state index in [1.54, 1.807) is 13.1 Å². The monoisotopic (exact) mass is 530 g/mol. The molecule has 2 N–H and O–H groups in total. The van der Waals surface area contributed by atoms with Crippen molar-refractivity contribution in [3.8, 4) is 0 Å². The second-order valence-electron chi connectivity index (χ2n) is 7.21. The zero-order valence-corrected chi connectivity index (χ0v) is 20.8. The van der Waals surface area contributed by atoms with Gasteiger partial charge in [0.2, 0.25) is 0 Å². The van der Waals surface area contributed by atoms with E-state index in [4.69, 9.17) is 0 Å². The first-order valence-corrected chi connectivity index (χ1v) is 11.0. The molecule has 0 spiro atoms. The number of halogens is 1. The molecule has 0 bridgehead atoms. The van der Waals surface area contributed by atoms with Gasteiger partial charge in [-0.25, -0.2) is 8.42 Å². The van der Waals surface area contributed by atoms with Crippen molar-refractivity contribution in [2.24, 2.45) is 4.99 Å². The Hall–Kier alpha value is -1.65. The fraction of sp³-hybridized carbons (Fsp3) is 0.381. The summed E-state index contributed by atoms with van der Waals surface area (Å²) in [6.45, 7) is 3.95. The van der Waals surface area contributed by atoms with E-state index in [2.05, 4.69) is 58.9 Å². The normalized spacial score (nSPS) is 11.9. The van der Waals surface area contributed by atoms with Gasteiger partial charge in [0, 0.05) is 32.9 Å². The van der Waals surface area contributed by atoms with Gasteiger partial charge in [-0.3, -0.25) is 4.99 Å². The summed E-state index contributed by atoms with van der Waals surface area (Å²) in [4.78, 5) is 6.77. The van der Waals surface area contributed by atoms with E-state index >= 15 is 0 Å². The molecule has 0 radical (unpaired) electrons. The Labute approximate surface area is 191 Å². The fourth-order valence-corrected chi connectivity index (χ4v) is 3.99. The maximum atomic E-state index is 11.7. The molecule has 0 saturated carbocycles. The van der Waals surface area contributed by atoms with Crippen LogP contribution in [0.3, 0.4) is 0 Å².